The molecule has 0 aromatic heterocycles. The monoisotopic (exact) mass is 1740 g/mol. The number of amides is 3. The van der Waals surface area contributed by atoms with Crippen LogP contribution in [-0.2, 0) is 187 Å². The molecule has 12 N–H and O–H groups in total. The van der Waals surface area contributed by atoms with Crippen LogP contribution in [0.2, 0.25) is 0 Å². The molecule has 0 aliphatic carbocycles. The van der Waals surface area contributed by atoms with E-state index in [1.807, 2.05) is 0 Å². The minimum atomic E-state index is -5.56. The fourth-order valence-electron chi connectivity index (χ4n) is 12.4. The van der Waals surface area contributed by atoms with E-state index in [1.54, 1.807) is 11.8 Å². The first kappa shape index (κ1) is 93.2. The van der Waals surface area contributed by atoms with Gasteiger partial charge in [0.2, 0.25) is 5.91 Å². The summed E-state index contributed by atoms with van der Waals surface area (Å²) in [5.74, 6) is -3.76. The molecular weight excluding hydrogens is 1660 g/mol. The number of aliphatic carboxylic acids is 2. The summed E-state index contributed by atoms with van der Waals surface area (Å²) in [4.78, 5) is 53.4. The normalized spacial score (nSPS) is 36.7. The number of methoxy groups -OCH3 is 7. The van der Waals surface area contributed by atoms with Crippen LogP contribution in [0.15, 0.2) is 0 Å². The molecule has 628 valence electrons. The largest absolute Gasteiger partial charge is 0.479 e. The molecule has 0 bridgehead atoms. The van der Waals surface area contributed by atoms with E-state index in [9.17, 15) is 65.8 Å². The molecule has 0 radical (unpaired) electrons. The lowest BCUT2D eigenvalue weighted by atomic mass is 9.94. The topological polar surface area (TPSA) is 659 Å². The van der Waals surface area contributed by atoms with Crippen LogP contribution in [0.3, 0.4) is 0 Å². The van der Waals surface area contributed by atoms with Crippen molar-refractivity contribution < 1.29 is 234 Å². The third-order valence-corrected chi connectivity index (χ3v) is 21.1. The second kappa shape index (κ2) is 46.7. The number of unbranched alkanes of at least 4 members (excludes halogenated alkanes) is 1. The van der Waals surface area contributed by atoms with Crippen molar-refractivity contribution in [2.24, 2.45) is 0 Å². The maximum atomic E-state index is 14.0. The standard InChI is InChI=1S/C47H77N3O50S8/c1-68-24-18(13-76-107(62,63)64)78-42(23(27(24)69-2)49-21(51)11-9-8-10-20-22-16(15-101-20)48-47(56)50-22)83-30-28(70-3)36(72-5)45(85-34(30)40(52)53)82-26-19(14-77-108(65,66)67)80-46(39(90-106-100-95-61)33(26)88-104-98-93-59)84-31-29(71-4)37(73-6)44(86-35(31)41(54)55)81-25-17(12-75-102-96-91-57)79-43(74-7)38(89-105-99-94-60)32(25)87-103-97-92-58/h16-20,22-39,42-46,57-61H,8-15H2,1-7H3,(H,49,51)(H,52,53)(H,54,55)(H2,48,50,56)(H,62,63,64)(H,65,66,67)/t16?,17?,18?,19-,20?,22?,23?,24+,25+,26-,27-,28+,29?,30-,31+,32+,33?,34?,35-,36?,37?,38?,39?,42+,43-,44+,45-,46-/m1/s1. The number of carboxylic acid groups (broad SMARTS) is 2. The van der Waals surface area contributed by atoms with Crippen LogP contribution < -0.4 is 16.0 Å². The molecule has 7 rings (SSSR count). The Morgan fingerprint density at radius 1 is 0.472 bits per heavy atom. The lowest BCUT2D eigenvalue weighted by Gasteiger charge is -2.51. The number of carbonyl (C=O) groups is 4. The highest BCUT2D eigenvalue weighted by Crippen LogP contribution is 2.43. The van der Waals surface area contributed by atoms with Gasteiger partial charge < -0.3 is 102 Å². The molecule has 7 saturated heterocycles. The van der Waals surface area contributed by atoms with E-state index in [0.717, 1.165) is 42.7 Å². The zero-order valence-corrected chi connectivity index (χ0v) is 62.9. The zero-order valence-electron chi connectivity index (χ0n) is 56.4. The molecule has 0 spiro atoms. The van der Waals surface area contributed by atoms with Gasteiger partial charge in [-0.1, -0.05) is 31.6 Å². The van der Waals surface area contributed by atoms with Crippen molar-refractivity contribution in [1.29, 1.82) is 0 Å². The maximum Gasteiger partial charge on any atom is 0.397 e. The van der Waals surface area contributed by atoms with Gasteiger partial charge in [-0.2, -0.15) is 28.6 Å². The molecule has 7 aliphatic rings. The number of carbonyl (C=O) groups excluding carboxylic acids is 2. The van der Waals surface area contributed by atoms with E-state index in [0.29, 0.717) is 25.0 Å². The van der Waals surface area contributed by atoms with Crippen LogP contribution in [0, 0.1) is 0 Å². The Kier molecular flexibility index (Phi) is 40.3. The molecule has 0 saturated carbocycles. The molecule has 61 heteroatoms. The minimum absolute atomic E-state index is 0.0335. The summed E-state index contributed by atoms with van der Waals surface area (Å²) in [6.07, 6.45) is -44.8. The van der Waals surface area contributed by atoms with Gasteiger partial charge >= 0.3 is 38.8 Å². The number of carboxylic acids is 2. The number of hydrogen-bond donors (Lipinski definition) is 12. The number of nitrogens with one attached hydrogen (secondary N) is 3. The van der Waals surface area contributed by atoms with Gasteiger partial charge in [0, 0.05) is 67.2 Å². The van der Waals surface area contributed by atoms with Gasteiger partial charge in [0.25, 0.3) is 0 Å². The Bertz CT molecular complexity index is 2930. The van der Waals surface area contributed by atoms with Crippen LogP contribution in [0.4, 0.5) is 4.79 Å². The van der Waals surface area contributed by atoms with Gasteiger partial charge in [0.15, 0.2) is 117 Å². The van der Waals surface area contributed by atoms with Crippen LogP contribution >= 0.6 is 73.4 Å². The highest BCUT2D eigenvalue weighted by Gasteiger charge is 2.62. The van der Waals surface area contributed by atoms with Gasteiger partial charge in [-0.25, -0.2) is 49.0 Å². The second-order valence-electron chi connectivity index (χ2n) is 22.5. The van der Waals surface area contributed by atoms with Crippen LogP contribution in [0.25, 0.3) is 0 Å². The van der Waals surface area contributed by atoms with E-state index in [-0.39, 0.29) is 91.4 Å². The van der Waals surface area contributed by atoms with Crippen molar-refractivity contribution in [3.05, 3.63) is 0 Å². The number of hydrogen-bond acceptors (Lipinski definition) is 52. The van der Waals surface area contributed by atoms with E-state index < -0.39 is 212 Å². The maximum absolute atomic E-state index is 14.0. The van der Waals surface area contributed by atoms with E-state index in [1.165, 1.54) is 7.11 Å². The third-order valence-electron chi connectivity index (χ3n) is 16.7. The molecule has 28 atom stereocenters. The molecule has 53 nitrogen and oxygen atoms in total. The number of thioether (sulfide) groups is 1. The Morgan fingerprint density at radius 3 is 1.33 bits per heavy atom. The highest BCUT2D eigenvalue weighted by atomic mass is 32.3. The number of ether oxygens (including phenoxy) is 16. The van der Waals surface area contributed by atoms with E-state index in [2.05, 4.69) is 67.0 Å². The third kappa shape index (κ3) is 26.0. The summed E-state index contributed by atoms with van der Waals surface area (Å²) < 4.78 is 224. The predicted octanol–water partition coefficient (Wildman–Crippen LogP) is -1.61. The molecule has 0 aromatic rings. The van der Waals surface area contributed by atoms with Crippen molar-refractivity contribution in [2.75, 3.05) is 75.3 Å². The van der Waals surface area contributed by atoms with Gasteiger partial charge in [-0.15, -0.1) is 21.7 Å². The SMILES string of the molecule is COC1C(OC)[C@H](O[C@H]2O[C@H](COS(=O)(=O)O)[C@@H](O[C@@H]3OC(C(=O)O)[C@H](O[C@@H]4OC(COS(=O)(=O)O)[C@H](OC)[C@H](OC)C4NC(=O)CCCCC4SCC5NC(=O)NC54)[C@H](OC)C3OC)C(OSOOO)C2OSOOO)[C@H](C(=O)O)O[C@@H]1O[C@H]1C(COSOOO)O[C@@H](OC)C(OSOOO)[C@H]1OSOOO. The summed E-state index contributed by atoms with van der Waals surface area (Å²) in [6.45, 7) is -3.10. The first-order valence-corrected chi connectivity index (χ1v) is 37.7. The van der Waals surface area contributed by atoms with Crippen LogP contribution in [0.1, 0.15) is 25.7 Å². The Hall–Kier alpha value is -1.92. The molecule has 7 fully saturated rings. The van der Waals surface area contributed by atoms with Gasteiger partial charge in [-0.3, -0.25) is 34.8 Å². The molecule has 7 heterocycles. The van der Waals surface area contributed by atoms with Crippen molar-refractivity contribution >= 4 is 118 Å². The van der Waals surface area contributed by atoms with Crippen molar-refractivity contribution in [3.63, 3.8) is 0 Å². The Balaban J connectivity index is 1.22. The first-order chi connectivity index (χ1) is 51.8. The summed E-state index contributed by atoms with van der Waals surface area (Å²) in [7, 11) is -3.25. The average molecular weight is 1740 g/mol. The molecule has 0 aromatic carbocycles. The Labute approximate surface area is 636 Å². The smallest absolute Gasteiger partial charge is 0.397 e. The molecule has 13 unspecified atom stereocenters. The summed E-state index contributed by atoms with van der Waals surface area (Å²) >= 11 is 1.05. The summed E-state index contributed by atoms with van der Waals surface area (Å²) in [5.41, 5.74) is 0. The average Bonchev–Trinajstić information content (AvgIpc) is 1.04. The minimum Gasteiger partial charge on any atom is -0.479 e. The van der Waals surface area contributed by atoms with Gasteiger partial charge in [-0.05, 0) is 12.8 Å². The summed E-state index contributed by atoms with van der Waals surface area (Å²) in [6, 6.07) is -1.98. The highest BCUT2D eigenvalue weighted by molar-refractivity contribution is 8.00. The summed E-state index contributed by atoms with van der Waals surface area (Å²) in [5, 5.41) is 94.0. The predicted molar refractivity (Wildman–Crippen MR) is 338 cm³/mol. The number of rotatable bonds is 50. The number of urea groups is 1. The lowest BCUT2D eigenvalue weighted by molar-refractivity contribution is -0.437. The van der Waals surface area contributed by atoms with E-state index >= 15 is 0 Å². The fourth-order valence-corrected chi connectivity index (χ4v) is 16.2. The molecular formula is C47H77N3O50S8. The van der Waals surface area contributed by atoms with Crippen molar-refractivity contribution in [1.82, 2.24) is 16.0 Å². The van der Waals surface area contributed by atoms with Crippen LogP contribution in [-0.4, -0.2) is 332 Å². The van der Waals surface area contributed by atoms with Crippen LogP contribution in [0.5, 0.6) is 0 Å². The van der Waals surface area contributed by atoms with Crippen molar-refractivity contribution in [2.45, 2.75) is 196 Å². The zero-order chi connectivity index (χ0) is 78.8. The fraction of sp³-hybridized carbons (Fsp3) is 0.915. The number of fused-ring (bicyclic) bond motifs is 1. The Morgan fingerprint density at radius 2 is 0.880 bits per heavy atom. The molecule has 3 amide bonds. The lowest BCUT2D eigenvalue weighted by Crippen LogP contribution is -2.70. The molecule has 108 heavy (non-hydrogen) atoms. The molecule has 7 aliphatic heterocycles. The first-order valence-electron chi connectivity index (χ1n) is 30.5. The van der Waals surface area contributed by atoms with E-state index in [4.69, 9.17) is 117 Å². The van der Waals surface area contributed by atoms with Gasteiger partial charge in [0.1, 0.15) is 97.6 Å². The quantitative estimate of drug-likeness (QED) is 0.00814. The van der Waals surface area contributed by atoms with Crippen molar-refractivity contribution in [3.8, 4) is 0 Å². The second-order valence-corrected chi connectivity index (χ2v) is 28.3. The van der Waals surface area contributed by atoms with Gasteiger partial charge in [0.05, 0.1) is 31.9 Å².